The van der Waals surface area contributed by atoms with Crippen molar-refractivity contribution in [2.75, 3.05) is 0 Å². The number of carbonyl (C=O) groups is 1. The molecule has 0 saturated heterocycles. The van der Waals surface area contributed by atoms with Crippen LogP contribution >= 0.6 is 0 Å². The van der Waals surface area contributed by atoms with Crippen molar-refractivity contribution in [1.82, 2.24) is 14.8 Å². The number of nitrogens with zero attached hydrogens (tertiary/aromatic N) is 4. The number of aryl methyl sites for hydroxylation is 1. The highest BCUT2D eigenvalue weighted by molar-refractivity contribution is 5.80. The van der Waals surface area contributed by atoms with Gasteiger partial charge in [0.2, 0.25) is 0 Å². The summed E-state index contributed by atoms with van der Waals surface area (Å²) in [5.41, 5.74) is -0.0375. The lowest BCUT2D eigenvalue weighted by molar-refractivity contribution is -0.384. The third-order valence-electron chi connectivity index (χ3n) is 2.49. The molecule has 0 saturated carbocycles. The lowest BCUT2D eigenvalue weighted by atomic mass is 10.2. The predicted molar refractivity (Wildman–Crippen MR) is 63.8 cm³/mol. The van der Waals surface area contributed by atoms with E-state index in [4.69, 9.17) is 4.74 Å². The van der Waals surface area contributed by atoms with Gasteiger partial charge in [-0.05, 0) is 6.07 Å². The van der Waals surface area contributed by atoms with Gasteiger partial charge in [-0.3, -0.25) is 19.6 Å². The molecule has 8 heteroatoms. The average Bonchev–Trinajstić information content (AvgIpc) is 2.81. The first kappa shape index (κ1) is 12.7. The van der Waals surface area contributed by atoms with Crippen molar-refractivity contribution >= 4 is 12.0 Å². The zero-order valence-electron chi connectivity index (χ0n) is 10.0. The molecule has 0 N–H and O–H groups in total. The Kier molecular flexibility index (Phi) is 3.51. The lowest BCUT2D eigenvalue weighted by Crippen LogP contribution is -2.05. The van der Waals surface area contributed by atoms with Crippen molar-refractivity contribution in [2.45, 2.75) is 6.61 Å². The first-order chi connectivity index (χ1) is 9.11. The zero-order valence-corrected chi connectivity index (χ0v) is 10.0. The van der Waals surface area contributed by atoms with Crippen LogP contribution in [0.25, 0.3) is 0 Å². The van der Waals surface area contributed by atoms with E-state index in [-0.39, 0.29) is 23.6 Å². The number of carbonyl (C=O) groups excluding carboxylic acids is 1. The van der Waals surface area contributed by atoms with Crippen molar-refractivity contribution < 1.29 is 14.5 Å². The standard InChI is InChI=1S/C11H10N4O4/c1-14-11(12-7-13-14)6-19-10-3-2-9(15(17)18)4-8(10)5-16/h2-5,7H,6H2,1H3. The zero-order chi connectivity index (χ0) is 13.8. The second kappa shape index (κ2) is 5.25. The topological polar surface area (TPSA) is 100 Å². The third kappa shape index (κ3) is 2.73. The molecule has 98 valence electrons. The monoisotopic (exact) mass is 262 g/mol. The molecule has 0 spiro atoms. The summed E-state index contributed by atoms with van der Waals surface area (Å²) >= 11 is 0. The highest BCUT2D eigenvalue weighted by Gasteiger charge is 2.12. The van der Waals surface area contributed by atoms with Gasteiger partial charge in [-0.25, -0.2) is 4.98 Å². The summed E-state index contributed by atoms with van der Waals surface area (Å²) in [6.07, 6.45) is 1.90. The van der Waals surface area contributed by atoms with Crippen molar-refractivity contribution in [1.29, 1.82) is 0 Å². The molecule has 2 rings (SSSR count). The van der Waals surface area contributed by atoms with Gasteiger partial charge in [0.1, 0.15) is 18.7 Å². The van der Waals surface area contributed by atoms with E-state index in [1.807, 2.05) is 0 Å². The molecule has 0 atom stereocenters. The van der Waals surface area contributed by atoms with Crippen LogP contribution in [0, 0.1) is 10.1 Å². The summed E-state index contributed by atoms with van der Waals surface area (Å²) in [6.45, 7) is 0.120. The van der Waals surface area contributed by atoms with E-state index >= 15 is 0 Å². The van der Waals surface area contributed by atoms with Gasteiger partial charge in [-0.2, -0.15) is 5.10 Å². The normalized spacial score (nSPS) is 10.2. The number of aldehydes is 1. The number of ether oxygens (including phenoxy) is 1. The van der Waals surface area contributed by atoms with Crippen LogP contribution in [-0.2, 0) is 13.7 Å². The first-order valence-electron chi connectivity index (χ1n) is 5.31. The van der Waals surface area contributed by atoms with Crippen LogP contribution in [0.4, 0.5) is 5.69 Å². The fraction of sp³-hybridized carbons (Fsp3) is 0.182. The number of rotatable bonds is 5. The van der Waals surface area contributed by atoms with E-state index in [1.54, 1.807) is 7.05 Å². The average molecular weight is 262 g/mol. The SMILES string of the molecule is Cn1ncnc1COc1ccc([N+](=O)[O-])cc1C=O. The fourth-order valence-electron chi connectivity index (χ4n) is 1.47. The fourth-order valence-corrected chi connectivity index (χ4v) is 1.47. The van der Waals surface area contributed by atoms with E-state index < -0.39 is 4.92 Å². The molecule has 1 aromatic heterocycles. The Morgan fingerprint density at radius 3 is 2.89 bits per heavy atom. The van der Waals surface area contributed by atoms with Crippen molar-refractivity contribution in [3.63, 3.8) is 0 Å². The van der Waals surface area contributed by atoms with Gasteiger partial charge in [0.25, 0.3) is 5.69 Å². The van der Waals surface area contributed by atoms with Crippen molar-refractivity contribution in [3.05, 3.63) is 46.0 Å². The molecule has 0 fully saturated rings. The number of non-ortho nitro benzene ring substituents is 1. The summed E-state index contributed by atoms with van der Waals surface area (Å²) in [6, 6.07) is 3.83. The molecule has 19 heavy (non-hydrogen) atoms. The second-order valence-corrected chi connectivity index (χ2v) is 3.69. The van der Waals surface area contributed by atoms with Gasteiger partial charge in [-0.15, -0.1) is 0 Å². The molecule has 0 aliphatic rings. The van der Waals surface area contributed by atoms with E-state index in [9.17, 15) is 14.9 Å². The number of aromatic nitrogens is 3. The van der Waals surface area contributed by atoms with Gasteiger partial charge in [0.05, 0.1) is 10.5 Å². The lowest BCUT2D eigenvalue weighted by Gasteiger charge is -2.07. The van der Waals surface area contributed by atoms with Gasteiger partial charge >= 0.3 is 0 Å². The maximum atomic E-state index is 10.9. The Labute approximate surface area is 107 Å². The van der Waals surface area contributed by atoms with E-state index in [0.29, 0.717) is 12.1 Å². The molecule has 0 aliphatic carbocycles. The Morgan fingerprint density at radius 1 is 1.53 bits per heavy atom. The number of hydrogen-bond donors (Lipinski definition) is 0. The number of benzene rings is 1. The predicted octanol–water partition coefficient (Wildman–Crippen LogP) is 1.11. The highest BCUT2D eigenvalue weighted by Crippen LogP contribution is 2.23. The molecule has 0 aliphatic heterocycles. The Hall–Kier alpha value is -2.77. The summed E-state index contributed by atoms with van der Waals surface area (Å²) in [4.78, 5) is 24.9. The number of nitro groups is 1. The van der Waals surface area contributed by atoms with Gasteiger partial charge in [-0.1, -0.05) is 0 Å². The minimum absolute atomic E-state index is 0.120. The first-order valence-corrected chi connectivity index (χ1v) is 5.31. The summed E-state index contributed by atoms with van der Waals surface area (Å²) in [5, 5.41) is 14.5. The van der Waals surface area contributed by atoms with Gasteiger partial charge in [0, 0.05) is 19.2 Å². The van der Waals surface area contributed by atoms with Crippen molar-refractivity contribution in [3.8, 4) is 5.75 Å². The smallest absolute Gasteiger partial charge is 0.270 e. The minimum atomic E-state index is -0.570. The molecule has 0 unspecified atom stereocenters. The summed E-state index contributed by atoms with van der Waals surface area (Å²) in [7, 11) is 1.71. The quantitative estimate of drug-likeness (QED) is 0.454. The largest absolute Gasteiger partial charge is 0.485 e. The summed E-state index contributed by atoms with van der Waals surface area (Å²) in [5.74, 6) is 0.846. The molecule has 8 nitrogen and oxygen atoms in total. The molecular weight excluding hydrogens is 252 g/mol. The molecule has 0 amide bonds. The van der Waals surface area contributed by atoms with Crippen LogP contribution in [0.3, 0.4) is 0 Å². The van der Waals surface area contributed by atoms with Crippen LogP contribution in [0.1, 0.15) is 16.2 Å². The number of hydrogen-bond acceptors (Lipinski definition) is 6. The van der Waals surface area contributed by atoms with Crippen LogP contribution in [0.15, 0.2) is 24.5 Å². The molecule has 1 heterocycles. The Morgan fingerprint density at radius 2 is 2.32 bits per heavy atom. The third-order valence-corrected chi connectivity index (χ3v) is 2.49. The van der Waals surface area contributed by atoms with E-state index in [0.717, 1.165) is 0 Å². The maximum absolute atomic E-state index is 10.9. The molecule has 2 aromatic rings. The van der Waals surface area contributed by atoms with E-state index in [1.165, 1.54) is 29.2 Å². The van der Waals surface area contributed by atoms with Crippen LogP contribution in [0.2, 0.25) is 0 Å². The molecule has 0 bridgehead atoms. The van der Waals surface area contributed by atoms with Crippen molar-refractivity contribution in [2.24, 2.45) is 7.05 Å². The highest BCUT2D eigenvalue weighted by atomic mass is 16.6. The van der Waals surface area contributed by atoms with Gasteiger partial charge in [0.15, 0.2) is 12.1 Å². The molecule has 1 aromatic carbocycles. The van der Waals surface area contributed by atoms with Gasteiger partial charge < -0.3 is 4.74 Å². The van der Waals surface area contributed by atoms with E-state index in [2.05, 4.69) is 10.1 Å². The Bertz CT molecular complexity index is 623. The molecule has 0 radical (unpaired) electrons. The Balaban J connectivity index is 2.18. The number of nitro benzene ring substituents is 1. The van der Waals surface area contributed by atoms with Crippen LogP contribution in [-0.4, -0.2) is 26.0 Å². The second-order valence-electron chi connectivity index (χ2n) is 3.69. The summed E-state index contributed by atoms with van der Waals surface area (Å²) < 4.78 is 6.94. The van der Waals surface area contributed by atoms with Crippen LogP contribution < -0.4 is 4.74 Å². The minimum Gasteiger partial charge on any atom is -0.485 e. The maximum Gasteiger partial charge on any atom is 0.270 e. The van der Waals surface area contributed by atoms with Crippen LogP contribution in [0.5, 0.6) is 5.75 Å². The molecular formula is C11H10N4O4.